The number of pyridine rings is 1. The van der Waals surface area contributed by atoms with E-state index in [-0.39, 0.29) is 6.54 Å². The van der Waals surface area contributed by atoms with Gasteiger partial charge in [0, 0.05) is 23.4 Å². The summed E-state index contributed by atoms with van der Waals surface area (Å²) in [6.07, 6.45) is 2.98. The van der Waals surface area contributed by atoms with E-state index in [1.807, 2.05) is 43.3 Å². The van der Waals surface area contributed by atoms with Crippen LogP contribution in [-0.4, -0.2) is 40.4 Å². The lowest BCUT2D eigenvalue weighted by Gasteiger charge is -2.24. The lowest BCUT2D eigenvalue weighted by molar-refractivity contribution is -0.114. The highest BCUT2D eigenvalue weighted by Crippen LogP contribution is 2.37. The molecule has 0 fully saturated rings. The zero-order valence-corrected chi connectivity index (χ0v) is 18.2. The van der Waals surface area contributed by atoms with Gasteiger partial charge in [-0.15, -0.1) is 0 Å². The van der Waals surface area contributed by atoms with E-state index in [0.717, 1.165) is 15.4 Å². The van der Waals surface area contributed by atoms with Gasteiger partial charge in [0.15, 0.2) is 0 Å². The molecule has 1 unspecified atom stereocenters. The first kappa shape index (κ1) is 22.3. The fourth-order valence-electron chi connectivity index (χ4n) is 3.15. The molecular weight excluding hydrogens is 418 g/mol. The second-order valence-corrected chi connectivity index (χ2v) is 7.51. The van der Waals surface area contributed by atoms with Crippen LogP contribution in [0.2, 0.25) is 0 Å². The number of nitrogens with one attached hydrogen (secondary N) is 1. The van der Waals surface area contributed by atoms with Crippen molar-refractivity contribution in [3.8, 4) is 22.6 Å². The number of carbonyl (C=O) groups excluding carboxylic acids is 1. The van der Waals surface area contributed by atoms with E-state index in [4.69, 9.17) is 9.47 Å². The van der Waals surface area contributed by atoms with Crippen LogP contribution in [0, 0.1) is 6.92 Å². The van der Waals surface area contributed by atoms with Crippen molar-refractivity contribution in [2.24, 2.45) is 0 Å². The van der Waals surface area contributed by atoms with E-state index in [9.17, 15) is 13.6 Å². The Kier molecular flexibility index (Phi) is 7.22. The molecule has 0 aliphatic heterocycles. The highest BCUT2D eigenvalue weighted by molar-refractivity contribution is 7.80. The lowest BCUT2D eigenvalue weighted by atomic mass is 10.00. The number of aryl methyl sites for hydroxylation is 1. The number of methoxy groups -OCH3 is 2. The zero-order valence-electron chi connectivity index (χ0n) is 17.4. The van der Waals surface area contributed by atoms with Crippen LogP contribution in [0.4, 0.5) is 11.4 Å². The molecule has 1 aromatic heterocycles. The molecule has 0 aliphatic rings. The molecule has 2 N–H and O–H groups in total. The SMILES string of the molecule is COc1ccncc1NC(=O)CN(c1ccc(C)cc1-c1ccccc1OC)S(=O)O. The maximum atomic E-state index is 12.7. The van der Waals surface area contributed by atoms with Gasteiger partial charge in [-0.25, -0.2) is 4.21 Å². The third kappa shape index (κ3) is 5.19. The van der Waals surface area contributed by atoms with E-state index in [1.54, 1.807) is 19.2 Å². The van der Waals surface area contributed by atoms with E-state index in [1.165, 1.54) is 19.5 Å². The van der Waals surface area contributed by atoms with Gasteiger partial charge < -0.3 is 14.8 Å². The summed E-state index contributed by atoms with van der Waals surface area (Å²) in [5, 5.41) is 2.67. The largest absolute Gasteiger partial charge is 0.496 e. The van der Waals surface area contributed by atoms with Crippen LogP contribution in [0.3, 0.4) is 0 Å². The Labute approximate surface area is 183 Å². The number of anilines is 2. The molecule has 0 aliphatic carbocycles. The molecule has 8 nitrogen and oxygen atoms in total. The third-order valence-corrected chi connectivity index (χ3v) is 5.27. The fraction of sp³-hybridized carbons (Fsp3) is 0.182. The van der Waals surface area contributed by atoms with Crippen molar-refractivity contribution in [1.82, 2.24) is 4.98 Å². The first-order valence-electron chi connectivity index (χ1n) is 9.35. The number of amides is 1. The quantitative estimate of drug-likeness (QED) is 0.518. The van der Waals surface area contributed by atoms with Crippen molar-refractivity contribution >= 4 is 28.5 Å². The monoisotopic (exact) mass is 441 g/mol. The molecule has 0 saturated carbocycles. The first-order valence-corrected chi connectivity index (χ1v) is 10.4. The van der Waals surface area contributed by atoms with Crippen LogP contribution >= 0.6 is 0 Å². The maximum absolute atomic E-state index is 12.7. The van der Waals surface area contributed by atoms with Crippen molar-refractivity contribution in [2.45, 2.75) is 6.92 Å². The average molecular weight is 442 g/mol. The first-order chi connectivity index (χ1) is 14.9. The van der Waals surface area contributed by atoms with Gasteiger partial charge in [0.1, 0.15) is 23.7 Å². The Bertz CT molecular complexity index is 1110. The molecule has 2 aromatic carbocycles. The summed E-state index contributed by atoms with van der Waals surface area (Å²) in [7, 11) is 3.04. The van der Waals surface area contributed by atoms with E-state index in [0.29, 0.717) is 28.4 Å². The Hall–Kier alpha value is -3.43. The number of hydrogen-bond donors (Lipinski definition) is 2. The third-order valence-electron chi connectivity index (χ3n) is 4.57. The summed E-state index contributed by atoms with van der Waals surface area (Å²) >= 11 is -2.45. The van der Waals surface area contributed by atoms with Gasteiger partial charge in [0.05, 0.1) is 26.1 Å². The molecule has 1 heterocycles. The summed E-state index contributed by atoms with van der Waals surface area (Å²) in [6.45, 7) is 1.55. The van der Waals surface area contributed by atoms with E-state index >= 15 is 0 Å². The molecule has 0 radical (unpaired) electrons. The van der Waals surface area contributed by atoms with Gasteiger partial charge in [0.2, 0.25) is 5.91 Å². The van der Waals surface area contributed by atoms with Gasteiger partial charge in [0.25, 0.3) is 11.3 Å². The highest BCUT2D eigenvalue weighted by Gasteiger charge is 2.22. The van der Waals surface area contributed by atoms with Crippen molar-refractivity contribution in [1.29, 1.82) is 0 Å². The lowest BCUT2D eigenvalue weighted by Crippen LogP contribution is -2.35. The number of ether oxygens (including phenoxy) is 2. The second kappa shape index (κ2) is 10.1. The smallest absolute Gasteiger partial charge is 0.262 e. The Balaban J connectivity index is 1.97. The molecular formula is C22H23N3O5S. The van der Waals surface area contributed by atoms with Crippen LogP contribution in [0.1, 0.15) is 5.56 Å². The minimum atomic E-state index is -2.45. The van der Waals surface area contributed by atoms with Crippen LogP contribution in [0.15, 0.2) is 60.9 Å². The summed E-state index contributed by atoms with van der Waals surface area (Å²) in [5.41, 5.74) is 3.16. The number of carbonyl (C=O) groups is 1. The molecule has 31 heavy (non-hydrogen) atoms. The molecule has 0 bridgehead atoms. The van der Waals surface area contributed by atoms with Gasteiger partial charge in [-0.3, -0.25) is 18.6 Å². The topological polar surface area (TPSA) is 101 Å². The van der Waals surface area contributed by atoms with E-state index < -0.39 is 17.2 Å². The number of aromatic nitrogens is 1. The van der Waals surface area contributed by atoms with Gasteiger partial charge in [-0.05, 0) is 25.1 Å². The van der Waals surface area contributed by atoms with Crippen molar-refractivity contribution in [2.75, 3.05) is 30.4 Å². The number of rotatable bonds is 8. The minimum absolute atomic E-state index is 0.368. The van der Waals surface area contributed by atoms with E-state index in [2.05, 4.69) is 10.3 Å². The fourth-order valence-corrected chi connectivity index (χ4v) is 3.70. The standard InChI is InChI=1S/C22H23N3O5S/c1-15-8-9-19(17(12-15)16-6-4-5-7-20(16)29-2)25(31(27)28)14-22(26)24-18-13-23-11-10-21(18)30-3/h4-13H,14H2,1-3H3,(H,24,26)(H,27,28). The van der Waals surface area contributed by atoms with Gasteiger partial charge in [-0.2, -0.15) is 0 Å². The minimum Gasteiger partial charge on any atom is -0.496 e. The molecule has 0 spiro atoms. The predicted molar refractivity (Wildman–Crippen MR) is 121 cm³/mol. The number of hydrogen-bond acceptors (Lipinski definition) is 5. The molecule has 162 valence electrons. The molecule has 1 atom stereocenters. The van der Waals surface area contributed by atoms with Crippen LogP contribution in [0.25, 0.3) is 11.1 Å². The summed E-state index contributed by atoms with van der Waals surface area (Å²) in [5.74, 6) is 0.549. The Morgan fingerprint density at radius 2 is 1.84 bits per heavy atom. The average Bonchev–Trinajstić information content (AvgIpc) is 2.77. The summed E-state index contributed by atoms with van der Waals surface area (Å²) in [6, 6.07) is 14.4. The van der Waals surface area contributed by atoms with Crippen molar-refractivity contribution < 1.29 is 23.0 Å². The second-order valence-electron chi connectivity index (χ2n) is 6.61. The zero-order chi connectivity index (χ0) is 22.4. The Morgan fingerprint density at radius 3 is 2.55 bits per heavy atom. The van der Waals surface area contributed by atoms with Gasteiger partial charge >= 0.3 is 0 Å². The molecule has 1 amide bonds. The number of para-hydroxylation sites is 1. The molecule has 0 saturated heterocycles. The maximum Gasteiger partial charge on any atom is 0.262 e. The normalized spacial score (nSPS) is 11.5. The molecule has 9 heteroatoms. The number of nitrogens with zero attached hydrogens (tertiary/aromatic N) is 2. The van der Waals surface area contributed by atoms with Crippen LogP contribution in [-0.2, 0) is 16.1 Å². The molecule has 3 aromatic rings. The van der Waals surface area contributed by atoms with Crippen LogP contribution < -0.4 is 19.1 Å². The van der Waals surface area contributed by atoms with Crippen LogP contribution in [0.5, 0.6) is 11.5 Å². The summed E-state index contributed by atoms with van der Waals surface area (Å²) in [4.78, 5) is 16.7. The van der Waals surface area contributed by atoms with Crippen molar-refractivity contribution in [3.05, 3.63) is 66.5 Å². The number of benzene rings is 2. The Morgan fingerprint density at radius 1 is 1.10 bits per heavy atom. The molecule has 3 rings (SSSR count). The van der Waals surface area contributed by atoms with Gasteiger partial charge in [-0.1, -0.05) is 29.8 Å². The highest BCUT2D eigenvalue weighted by atomic mass is 32.2. The van der Waals surface area contributed by atoms with Crippen molar-refractivity contribution in [3.63, 3.8) is 0 Å². The summed E-state index contributed by atoms with van der Waals surface area (Å²) < 4.78 is 34.0. The predicted octanol–water partition coefficient (Wildman–Crippen LogP) is 3.66.